The van der Waals surface area contributed by atoms with E-state index in [-0.39, 0.29) is 12.2 Å². The van der Waals surface area contributed by atoms with Crippen LogP contribution in [0.5, 0.6) is 0 Å². The van der Waals surface area contributed by atoms with Gasteiger partial charge in [0.1, 0.15) is 0 Å². The molecule has 0 aliphatic heterocycles. The number of carbonyl (C=O) groups is 1. The lowest BCUT2D eigenvalue weighted by molar-refractivity contribution is 0.0526. The molecule has 2 aromatic heterocycles. The van der Waals surface area contributed by atoms with Gasteiger partial charge in [-0.1, -0.05) is 23.2 Å². The molecule has 0 saturated heterocycles. The summed E-state index contributed by atoms with van der Waals surface area (Å²) in [7, 11) is 0. The number of pyridine rings is 1. The number of aromatic nitrogens is 3. The zero-order valence-electron chi connectivity index (χ0n) is 12.5. The zero-order valence-corrected chi connectivity index (χ0v) is 14.0. The molecule has 7 heteroatoms. The number of aryl methyl sites for hydroxylation is 1. The van der Waals surface area contributed by atoms with Crippen LogP contribution >= 0.6 is 23.2 Å². The minimum atomic E-state index is -0.495. The number of esters is 1. The molecule has 0 aliphatic carbocycles. The number of fused-ring (bicyclic) bond motifs is 1. The number of halogens is 2. The molecule has 0 N–H and O–H groups in total. The molecule has 23 heavy (non-hydrogen) atoms. The molecule has 5 nitrogen and oxygen atoms in total. The van der Waals surface area contributed by atoms with E-state index in [9.17, 15) is 4.79 Å². The van der Waals surface area contributed by atoms with E-state index in [1.807, 2.05) is 19.1 Å². The first kappa shape index (κ1) is 15.8. The zero-order chi connectivity index (χ0) is 16.6. The van der Waals surface area contributed by atoms with Gasteiger partial charge >= 0.3 is 5.97 Å². The first-order chi connectivity index (χ1) is 11.0. The van der Waals surface area contributed by atoms with Crippen LogP contribution in [0.15, 0.2) is 30.5 Å². The summed E-state index contributed by atoms with van der Waals surface area (Å²) in [5.74, 6) is -0.495. The van der Waals surface area contributed by atoms with E-state index in [0.717, 1.165) is 5.69 Å². The Morgan fingerprint density at radius 1 is 1.26 bits per heavy atom. The normalized spacial score (nSPS) is 11.0. The lowest BCUT2D eigenvalue weighted by Crippen LogP contribution is -2.06. The van der Waals surface area contributed by atoms with Gasteiger partial charge in [-0.05, 0) is 38.1 Å². The van der Waals surface area contributed by atoms with Gasteiger partial charge in [-0.2, -0.15) is 5.10 Å². The fourth-order valence-corrected chi connectivity index (χ4v) is 2.79. The highest BCUT2D eigenvalue weighted by molar-refractivity contribution is 6.38. The van der Waals surface area contributed by atoms with Gasteiger partial charge in [-0.15, -0.1) is 0 Å². The van der Waals surface area contributed by atoms with Gasteiger partial charge in [0.2, 0.25) is 0 Å². The number of hydrogen-bond acceptors (Lipinski definition) is 4. The van der Waals surface area contributed by atoms with Crippen LogP contribution in [0.4, 0.5) is 0 Å². The predicted molar refractivity (Wildman–Crippen MR) is 89.6 cm³/mol. The first-order valence-electron chi connectivity index (χ1n) is 6.99. The second kappa shape index (κ2) is 6.18. The largest absolute Gasteiger partial charge is 0.462 e. The average molecular weight is 350 g/mol. The van der Waals surface area contributed by atoms with Gasteiger partial charge in [0.15, 0.2) is 5.65 Å². The Labute approximate surface area is 142 Å². The molecule has 0 aliphatic rings. The van der Waals surface area contributed by atoms with Crippen LogP contribution in [0.2, 0.25) is 10.0 Å². The Morgan fingerprint density at radius 3 is 2.61 bits per heavy atom. The van der Waals surface area contributed by atoms with E-state index in [4.69, 9.17) is 27.9 Å². The maximum atomic E-state index is 11.9. The summed E-state index contributed by atoms with van der Waals surface area (Å²) in [5.41, 5.74) is 2.29. The lowest BCUT2D eigenvalue weighted by Gasteiger charge is -2.06. The van der Waals surface area contributed by atoms with Crippen LogP contribution in [-0.2, 0) is 4.74 Å². The first-order valence-corrected chi connectivity index (χ1v) is 7.75. The molecule has 1 aromatic carbocycles. The van der Waals surface area contributed by atoms with E-state index in [0.29, 0.717) is 26.8 Å². The SMILES string of the molecule is CCOC(=O)c1cnc2c(c(C)nn2-c2ccc(Cl)cc2)c1Cl. The molecule has 118 valence electrons. The van der Waals surface area contributed by atoms with Crippen LogP contribution in [-0.4, -0.2) is 27.3 Å². The molecular formula is C16H13Cl2N3O2. The Morgan fingerprint density at radius 2 is 1.96 bits per heavy atom. The highest BCUT2D eigenvalue weighted by Crippen LogP contribution is 2.30. The van der Waals surface area contributed by atoms with Crippen molar-refractivity contribution in [2.24, 2.45) is 0 Å². The van der Waals surface area contributed by atoms with Gasteiger partial charge < -0.3 is 4.74 Å². The van der Waals surface area contributed by atoms with E-state index in [1.54, 1.807) is 23.7 Å². The fourth-order valence-electron chi connectivity index (χ4n) is 2.32. The van der Waals surface area contributed by atoms with Crippen LogP contribution in [0.25, 0.3) is 16.7 Å². The van der Waals surface area contributed by atoms with Crippen LogP contribution in [0.3, 0.4) is 0 Å². The Hall–Kier alpha value is -2.11. The lowest BCUT2D eigenvalue weighted by atomic mass is 10.2. The highest BCUT2D eigenvalue weighted by Gasteiger charge is 2.20. The standard InChI is InChI=1S/C16H13Cl2N3O2/c1-3-23-16(22)12-8-19-15-13(14(12)18)9(2)20-21(15)11-6-4-10(17)5-7-11/h4-8H,3H2,1-2H3. The molecule has 3 aromatic rings. The van der Waals surface area contributed by atoms with Gasteiger partial charge in [0.05, 0.1) is 34.0 Å². The quantitative estimate of drug-likeness (QED) is 0.664. The number of hydrogen-bond donors (Lipinski definition) is 0. The molecule has 0 bridgehead atoms. The third-order valence-electron chi connectivity index (χ3n) is 3.37. The molecular weight excluding hydrogens is 337 g/mol. The molecule has 0 unspecified atom stereocenters. The van der Waals surface area contributed by atoms with Crippen molar-refractivity contribution in [2.75, 3.05) is 6.61 Å². The Kier molecular flexibility index (Phi) is 4.24. The van der Waals surface area contributed by atoms with Gasteiger partial charge in [0.25, 0.3) is 0 Å². The number of carbonyl (C=O) groups excluding carboxylic acids is 1. The van der Waals surface area contributed by atoms with Crippen molar-refractivity contribution in [1.29, 1.82) is 0 Å². The molecule has 0 radical (unpaired) electrons. The van der Waals surface area contributed by atoms with E-state index < -0.39 is 5.97 Å². The topological polar surface area (TPSA) is 57.0 Å². The summed E-state index contributed by atoms with van der Waals surface area (Å²) in [6, 6.07) is 7.22. The number of ether oxygens (including phenoxy) is 1. The maximum Gasteiger partial charge on any atom is 0.341 e. The second-order valence-corrected chi connectivity index (χ2v) is 5.69. The molecule has 0 fully saturated rings. The third-order valence-corrected chi connectivity index (χ3v) is 4.02. The van der Waals surface area contributed by atoms with Crippen molar-refractivity contribution in [2.45, 2.75) is 13.8 Å². The maximum absolute atomic E-state index is 11.9. The fraction of sp³-hybridized carbons (Fsp3) is 0.188. The summed E-state index contributed by atoms with van der Waals surface area (Å²) in [5, 5.41) is 6.04. The Bertz CT molecular complexity index is 888. The highest BCUT2D eigenvalue weighted by atomic mass is 35.5. The molecule has 0 saturated carbocycles. The van der Waals surface area contributed by atoms with Crippen LogP contribution in [0.1, 0.15) is 23.0 Å². The molecule has 0 amide bonds. The van der Waals surface area contributed by atoms with Crippen LogP contribution in [0, 0.1) is 6.92 Å². The number of benzene rings is 1. The minimum absolute atomic E-state index is 0.236. The van der Waals surface area contributed by atoms with Crippen molar-refractivity contribution in [3.05, 3.63) is 51.8 Å². The second-order valence-electron chi connectivity index (χ2n) is 4.88. The summed E-state index contributed by atoms with van der Waals surface area (Å²) < 4.78 is 6.67. The van der Waals surface area contributed by atoms with Crippen molar-refractivity contribution in [1.82, 2.24) is 14.8 Å². The summed E-state index contributed by atoms with van der Waals surface area (Å²) >= 11 is 12.3. The molecule has 0 spiro atoms. The van der Waals surface area contributed by atoms with Gasteiger partial charge in [0, 0.05) is 11.2 Å². The van der Waals surface area contributed by atoms with Crippen molar-refractivity contribution in [3.8, 4) is 5.69 Å². The number of rotatable bonds is 3. The smallest absolute Gasteiger partial charge is 0.341 e. The summed E-state index contributed by atoms with van der Waals surface area (Å²) in [4.78, 5) is 16.3. The molecule has 3 rings (SSSR count). The third kappa shape index (κ3) is 2.78. The van der Waals surface area contributed by atoms with E-state index in [1.165, 1.54) is 6.20 Å². The minimum Gasteiger partial charge on any atom is -0.462 e. The van der Waals surface area contributed by atoms with E-state index in [2.05, 4.69) is 10.1 Å². The molecule has 2 heterocycles. The van der Waals surface area contributed by atoms with Crippen LogP contribution < -0.4 is 0 Å². The summed E-state index contributed by atoms with van der Waals surface area (Å²) in [6.45, 7) is 3.83. The summed E-state index contributed by atoms with van der Waals surface area (Å²) in [6.07, 6.45) is 1.41. The van der Waals surface area contributed by atoms with Crippen molar-refractivity contribution >= 4 is 40.2 Å². The molecule has 0 atom stereocenters. The van der Waals surface area contributed by atoms with Crippen molar-refractivity contribution in [3.63, 3.8) is 0 Å². The van der Waals surface area contributed by atoms with Gasteiger partial charge in [-0.25, -0.2) is 14.5 Å². The van der Waals surface area contributed by atoms with Crippen molar-refractivity contribution < 1.29 is 9.53 Å². The average Bonchev–Trinajstić information content (AvgIpc) is 2.86. The number of nitrogens with zero attached hydrogens (tertiary/aromatic N) is 3. The van der Waals surface area contributed by atoms with E-state index >= 15 is 0 Å². The Balaban J connectivity index is 2.19. The predicted octanol–water partition coefficient (Wildman–Crippen LogP) is 4.21. The monoisotopic (exact) mass is 349 g/mol. The van der Waals surface area contributed by atoms with Gasteiger partial charge in [-0.3, -0.25) is 0 Å².